The van der Waals surface area contributed by atoms with Gasteiger partial charge in [-0.2, -0.15) is 0 Å². The maximum atomic E-state index is 6.69. The van der Waals surface area contributed by atoms with Crippen molar-refractivity contribution in [3.63, 3.8) is 0 Å². The third-order valence-electron chi connectivity index (χ3n) is 21.1. The molecule has 4 heterocycles. The van der Waals surface area contributed by atoms with Gasteiger partial charge in [-0.25, -0.2) is 0 Å². The molecule has 17 aromatic carbocycles. The van der Waals surface area contributed by atoms with Gasteiger partial charge < -0.3 is 27.6 Å². The van der Waals surface area contributed by atoms with E-state index < -0.39 is 0 Å². The summed E-state index contributed by atoms with van der Waals surface area (Å²) < 4.78 is 22.2. The molecule has 108 heavy (non-hydrogen) atoms. The predicted molar refractivity (Wildman–Crippen MR) is 451 cm³/mol. The summed E-state index contributed by atoms with van der Waals surface area (Å²) in [5.74, 6) is 0. The largest absolute Gasteiger partial charge is 0.455 e. The lowest BCUT2D eigenvalue weighted by atomic mass is 9.94. The average molecular weight is 1380 g/mol. The number of furan rings is 3. The minimum atomic E-state index is 0.860. The van der Waals surface area contributed by atoms with Crippen molar-refractivity contribution in [1.29, 1.82) is 0 Å². The Morgan fingerprint density at radius 1 is 0.176 bits per heavy atom. The van der Waals surface area contributed by atoms with Crippen molar-refractivity contribution in [2.45, 2.75) is 0 Å². The van der Waals surface area contributed by atoms with Crippen molar-refractivity contribution in [2.75, 3.05) is 9.80 Å². The lowest BCUT2D eigenvalue weighted by Gasteiger charge is -2.26. The molecule has 0 atom stereocenters. The minimum Gasteiger partial charge on any atom is -0.455 e. The molecule has 0 spiro atoms. The standard InChI is InChI=1S/C54H36N2O.C48H31NO2/c1-4-14-37(15-5-1)38-24-29-44(30-25-38)55(42-16-6-2-7-17-42)45-31-26-39(27-32-45)41-34-49(54-50(35-41)48-21-11-13-23-53(48)57-54)40-28-33-47-46-20-10-12-22-51(46)56(52(47)36-40)43-18-8-3-9-19-43;1-3-12-32(13-4-1)33-22-26-37(27-23-33)49(36-14-5-2-6-15-36)38-28-24-34(25-29-38)35-30-43-40-17-8-10-21-46(40)51-48(43)44(31-35)42-19-11-18-41-39-16-7-9-20-45(39)50-47(41)42/h1-36H;1-31H. The smallest absolute Gasteiger partial charge is 0.143 e. The predicted octanol–water partition coefficient (Wildman–Crippen LogP) is 29.1. The van der Waals surface area contributed by atoms with Crippen molar-refractivity contribution in [1.82, 2.24) is 4.57 Å². The highest BCUT2D eigenvalue weighted by molar-refractivity contribution is 6.17. The molecule has 0 fully saturated rings. The first-order valence-corrected chi connectivity index (χ1v) is 36.7. The number of rotatable bonds is 13. The molecule has 0 amide bonds. The van der Waals surface area contributed by atoms with Gasteiger partial charge in [-0.05, 0) is 190 Å². The topological polar surface area (TPSA) is 50.8 Å². The number of benzene rings is 17. The summed E-state index contributed by atoms with van der Waals surface area (Å²) in [4.78, 5) is 4.62. The third-order valence-corrected chi connectivity index (χ3v) is 21.1. The van der Waals surface area contributed by atoms with Crippen LogP contribution in [0, 0.1) is 0 Å². The van der Waals surface area contributed by atoms with E-state index in [9.17, 15) is 0 Å². The van der Waals surface area contributed by atoms with Crippen LogP contribution in [0.5, 0.6) is 0 Å². The number of aromatic nitrogens is 1. The summed E-state index contributed by atoms with van der Waals surface area (Å²) in [5.41, 5.74) is 28.8. The number of nitrogens with zero attached hydrogens (tertiary/aromatic N) is 3. The van der Waals surface area contributed by atoms with Crippen LogP contribution < -0.4 is 9.80 Å². The molecule has 0 aliphatic rings. The number of para-hydroxylation sites is 8. The van der Waals surface area contributed by atoms with Crippen molar-refractivity contribution in [2.24, 2.45) is 0 Å². The summed E-state index contributed by atoms with van der Waals surface area (Å²) in [5, 5.41) is 9.07. The second-order valence-corrected chi connectivity index (χ2v) is 27.5. The molecular formula is C102H67N3O3. The molecule has 4 aromatic heterocycles. The lowest BCUT2D eigenvalue weighted by Crippen LogP contribution is -2.09. The summed E-state index contributed by atoms with van der Waals surface area (Å²) >= 11 is 0. The fraction of sp³-hybridized carbons (Fsp3) is 0. The van der Waals surface area contributed by atoms with Crippen molar-refractivity contribution >= 4 is 122 Å². The zero-order chi connectivity index (χ0) is 71.4. The SMILES string of the molecule is c1ccc(-c2ccc(N(c3ccccc3)c3ccc(-c4cc(-c5ccc6c7ccccc7n(-c7ccccc7)c6c5)c5oc6ccccc6c5c4)cc3)cc2)cc1.c1ccc(-c2ccc(N(c3ccccc3)c3ccc(-c4cc(-c5cccc6c5oc5ccccc56)c5oc6ccccc6c5c4)cc3)cc2)cc1. The third kappa shape index (κ3) is 11.4. The van der Waals surface area contributed by atoms with E-state index in [-0.39, 0.29) is 0 Å². The van der Waals surface area contributed by atoms with Crippen molar-refractivity contribution in [3.05, 3.63) is 406 Å². The zero-order valence-corrected chi connectivity index (χ0v) is 58.7. The molecule has 0 radical (unpaired) electrons. The fourth-order valence-corrected chi connectivity index (χ4v) is 15.9. The summed E-state index contributed by atoms with van der Waals surface area (Å²) in [6, 6.07) is 144. The maximum Gasteiger partial charge on any atom is 0.143 e. The number of anilines is 6. The van der Waals surface area contributed by atoms with Gasteiger partial charge in [0.25, 0.3) is 0 Å². The van der Waals surface area contributed by atoms with E-state index in [2.05, 4.69) is 390 Å². The number of fused-ring (bicyclic) bond motifs is 12. The fourth-order valence-electron chi connectivity index (χ4n) is 15.9. The van der Waals surface area contributed by atoms with Crippen LogP contribution in [0.2, 0.25) is 0 Å². The van der Waals surface area contributed by atoms with E-state index in [4.69, 9.17) is 13.3 Å². The van der Waals surface area contributed by atoms with Gasteiger partial charge in [0.2, 0.25) is 0 Å². The normalized spacial score (nSPS) is 11.5. The maximum absolute atomic E-state index is 6.69. The minimum absolute atomic E-state index is 0.860. The van der Waals surface area contributed by atoms with Gasteiger partial charge >= 0.3 is 0 Å². The molecule has 21 aromatic rings. The molecule has 0 N–H and O–H groups in total. The van der Waals surface area contributed by atoms with Crippen LogP contribution in [0.3, 0.4) is 0 Å². The van der Waals surface area contributed by atoms with E-state index in [1.807, 2.05) is 30.3 Å². The van der Waals surface area contributed by atoms with Gasteiger partial charge in [0.05, 0.1) is 11.0 Å². The molecule has 0 unspecified atom stereocenters. The molecule has 0 aliphatic carbocycles. The Bertz CT molecular complexity index is 6870. The molecule has 0 bridgehead atoms. The average Bonchev–Trinajstić information content (AvgIpc) is 1.58. The Morgan fingerprint density at radius 3 is 0.972 bits per heavy atom. The Kier molecular flexibility index (Phi) is 15.8. The highest BCUT2D eigenvalue weighted by Crippen LogP contribution is 2.47. The van der Waals surface area contributed by atoms with E-state index in [1.165, 1.54) is 38.5 Å². The van der Waals surface area contributed by atoms with Gasteiger partial charge in [-0.15, -0.1) is 0 Å². The Labute approximate surface area is 624 Å². The van der Waals surface area contributed by atoms with Gasteiger partial charge in [0.15, 0.2) is 0 Å². The first-order valence-electron chi connectivity index (χ1n) is 36.7. The molecule has 21 rings (SSSR count). The van der Waals surface area contributed by atoms with Crippen molar-refractivity contribution in [3.8, 4) is 72.4 Å². The summed E-state index contributed by atoms with van der Waals surface area (Å²) in [6.07, 6.45) is 0. The highest BCUT2D eigenvalue weighted by Gasteiger charge is 2.23. The molecular weight excluding hydrogens is 1320 g/mol. The second kappa shape index (κ2) is 27.0. The first-order chi connectivity index (χ1) is 53.5. The van der Waals surface area contributed by atoms with Gasteiger partial charge in [0, 0.05) is 99.6 Å². The van der Waals surface area contributed by atoms with E-state index >= 15 is 0 Å². The quantitative estimate of drug-likeness (QED) is 0.115. The lowest BCUT2D eigenvalue weighted by molar-refractivity contribution is 0.665. The van der Waals surface area contributed by atoms with Crippen LogP contribution in [0.25, 0.3) is 160 Å². The van der Waals surface area contributed by atoms with Crippen LogP contribution in [-0.4, -0.2) is 4.57 Å². The van der Waals surface area contributed by atoms with Crippen LogP contribution in [0.15, 0.2) is 420 Å². The molecule has 6 nitrogen and oxygen atoms in total. The first kappa shape index (κ1) is 63.2. The van der Waals surface area contributed by atoms with E-state index in [0.29, 0.717) is 0 Å². The molecule has 0 saturated heterocycles. The van der Waals surface area contributed by atoms with Crippen molar-refractivity contribution < 1.29 is 13.3 Å². The van der Waals surface area contributed by atoms with E-state index in [0.717, 1.165) is 156 Å². The van der Waals surface area contributed by atoms with Crippen LogP contribution in [0.4, 0.5) is 34.1 Å². The Morgan fingerprint density at radius 2 is 0.500 bits per heavy atom. The van der Waals surface area contributed by atoms with Crippen LogP contribution in [0.1, 0.15) is 0 Å². The molecule has 0 aliphatic heterocycles. The summed E-state index contributed by atoms with van der Waals surface area (Å²) in [6.45, 7) is 0. The van der Waals surface area contributed by atoms with Crippen LogP contribution >= 0.6 is 0 Å². The molecule has 0 saturated carbocycles. The monoisotopic (exact) mass is 1380 g/mol. The Balaban J connectivity index is 0.000000143. The van der Waals surface area contributed by atoms with Gasteiger partial charge in [0.1, 0.15) is 33.5 Å². The van der Waals surface area contributed by atoms with Gasteiger partial charge in [-0.3, -0.25) is 0 Å². The summed E-state index contributed by atoms with van der Waals surface area (Å²) in [7, 11) is 0. The van der Waals surface area contributed by atoms with Gasteiger partial charge in [-0.1, -0.05) is 267 Å². The highest BCUT2D eigenvalue weighted by atomic mass is 16.3. The van der Waals surface area contributed by atoms with Crippen LogP contribution in [-0.2, 0) is 0 Å². The number of hydrogen-bond donors (Lipinski definition) is 0. The zero-order valence-electron chi connectivity index (χ0n) is 58.7. The number of hydrogen-bond acceptors (Lipinski definition) is 5. The second-order valence-electron chi connectivity index (χ2n) is 27.5. The van der Waals surface area contributed by atoms with E-state index in [1.54, 1.807) is 0 Å². The molecule has 6 heteroatoms. The Hall–Kier alpha value is -14.5. The molecule has 508 valence electrons.